The van der Waals surface area contributed by atoms with Gasteiger partial charge < -0.3 is 9.64 Å². The fourth-order valence-electron chi connectivity index (χ4n) is 2.07. The van der Waals surface area contributed by atoms with E-state index in [1.165, 1.54) is 13.0 Å². The minimum absolute atomic E-state index is 0.354. The predicted molar refractivity (Wildman–Crippen MR) is 68.7 cm³/mol. The van der Waals surface area contributed by atoms with Gasteiger partial charge in [0.2, 0.25) is 0 Å². The number of ether oxygens (including phenoxy) is 1. The summed E-state index contributed by atoms with van der Waals surface area (Å²) in [6.45, 7) is 10.3. The molecule has 2 atom stereocenters. The largest absolute Gasteiger partial charge is 0.380 e. The minimum atomic E-state index is 0.354. The van der Waals surface area contributed by atoms with Crippen molar-refractivity contribution in [2.75, 3.05) is 32.5 Å². The Bertz CT molecular complexity index is 191. The van der Waals surface area contributed by atoms with Crippen molar-refractivity contribution in [1.29, 1.82) is 0 Å². The van der Waals surface area contributed by atoms with Crippen molar-refractivity contribution in [3.63, 3.8) is 0 Å². The average Bonchev–Trinajstić information content (AvgIpc) is 2.59. The highest BCUT2D eigenvalue weighted by molar-refractivity contribution is 7.80. The molecule has 15 heavy (non-hydrogen) atoms. The van der Waals surface area contributed by atoms with E-state index in [0.29, 0.717) is 17.4 Å². The van der Waals surface area contributed by atoms with Crippen molar-refractivity contribution in [2.45, 2.75) is 33.3 Å². The smallest absolute Gasteiger partial charge is 0.0710 e. The quantitative estimate of drug-likeness (QED) is 0.745. The lowest BCUT2D eigenvalue weighted by Gasteiger charge is -2.32. The monoisotopic (exact) mass is 231 g/mol. The Labute approximate surface area is 99.8 Å². The average molecular weight is 231 g/mol. The lowest BCUT2D eigenvalue weighted by atomic mass is 9.81. The van der Waals surface area contributed by atoms with Gasteiger partial charge in [0.15, 0.2) is 0 Å². The molecule has 1 rings (SSSR count). The van der Waals surface area contributed by atoms with Crippen molar-refractivity contribution < 1.29 is 4.74 Å². The van der Waals surface area contributed by atoms with E-state index in [4.69, 9.17) is 4.74 Å². The summed E-state index contributed by atoms with van der Waals surface area (Å²) in [6, 6.07) is 0. The summed E-state index contributed by atoms with van der Waals surface area (Å²) in [5.41, 5.74) is 0.354. The summed E-state index contributed by atoms with van der Waals surface area (Å²) in [7, 11) is 1.81. The van der Waals surface area contributed by atoms with Gasteiger partial charge in [0.25, 0.3) is 0 Å². The van der Waals surface area contributed by atoms with Gasteiger partial charge in [-0.05, 0) is 23.5 Å². The highest BCUT2D eigenvalue weighted by atomic mass is 32.1. The van der Waals surface area contributed by atoms with Crippen molar-refractivity contribution in [3.05, 3.63) is 0 Å². The molecule has 0 radical (unpaired) electrons. The third kappa shape index (κ3) is 3.97. The van der Waals surface area contributed by atoms with E-state index in [9.17, 15) is 0 Å². The van der Waals surface area contributed by atoms with Crippen LogP contribution < -0.4 is 0 Å². The fourth-order valence-corrected chi connectivity index (χ4v) is 2.74. The molecule has 0 bridgehead atoms. The number of hydrogen-bond donors (Lipinski definition) is 1. The van der Waals surface area contributed by atoms with Crippen LogP contribution in [0.4, 0.5) is 0 Å². The van der Waals surface area contributed by atoms with Crippen LogP contribution in [0, 0.1) is 11.3 Å². The van der Waals surface area contributed by atoms with Crippen LogP contribution in [0.1, 0.15) is 27.2 Å². The van der Waals surface area contributed by atoms with Crippen LogP contribution >= 0.6 is 12.6 Å². The molecule has 0 N–H and O–H groups in total. The molecule has 2 unspecified atom stereocenters. The van der Waals surface area contributed by atoms with Gasteiger partial charge in [-0.15, -0.1) is 0 Å². The molecule has 2 nitrogen and oxygen atoms in total. The number of hydrogen-bond acceptors (Lipinski definition) is 3. The second kappa shape index (κ2) is 5.55. The van der Waals surface area contributed by atoms with Gasteiger partial charge in [0.05, 0.1) is 6.10 Å². The molecule has 3 heteroatoms. The predicted octanol–water partition coefficient (Wildman–Crippen LogP) is 2.30. The maximum absolute atomic E-state index is 5.38. The molecule has 1 aliphatic heterocycles. The summed E-state index contributed by atoms with van der Waals surface area (Å²) < 4.78 is 5.38. The zero-order valence-corrected chi connectivity index (χ0v) is 11.4. The fraction of sp³-hybridized carbons (Fsp3) is 1.00. The number of methoxy groups -OCH3 is 1. The van der Waals surface area contributed by atoms with Crippen LogP contribution in [0.2, 0.25) is 0 Å². The van der Waals surface area contributed by atoms with Crippen LogP contribution in [0.15, 0.2) is 0 Å². The maximum Gasteiger partial charge on any atom is 0.0710 e. The van der Waals surface area contributed by atoms with Gasteiger partial charge in [0.1, 0.15) is 0 Å². The Hall–Kier alpha value is 0.270. The van der Waals surface area contributed by atoms with Crippen LogP contribution in [-0.2, 0) is 4.74 Å². The Balaban J connectivity index is 2.40. The molecule has 0 aromatic heterocycles. The first-order valence-electron chi connectivity index (χ1n) is 5.83. The van der Waals surface area contributed by atoms with E-state index in [1.54, 1.807) is 0 Å². The molecular formula is C12H25NOS. The van der Waals surface area contributed by atoms with E-state index in [-0.39, 0.29) is 0 Å². The summed E-state index contributed by atoms with van der Waals surface area (Å²) in [6.07, 6.45) is 1.63. The first kappa shape index (κ1) is 13.3. The third-order valence-electron chi connectivity index (χ3n) is 3.49. The first-order valence-corrected chi connectivity index (χ1v) is 6.46. The molecule has 1 fully saturated rings. The van der Waals surface area contributed by atoms with Crippen molar-refractivity contribution in [1.82, 2.24) is 4.90 Å². The molecule has 1 saturated heterocycles. The summed E-state index contributed by atoms with van der Waals surface area (Å²) >= 11 is 4.47. The molecule has 0 spiro atoms. The van der Waals surface area contributed by atoms with Gasteiger partial charge in [-0.3, -0.25) is 0 Å². The second-order valence-electron chi connectivity index (χ2n) is 5.65. The van der Waals surface area contributed by atoms with E-state index in [1.807, 2.05) is 7.11 Å². The number of likely N-dealkylation sites (tertiary alicyclic amines) is 1. The van der Waals surface area contributed by atoms with Crippen molar-refractivity contribution >= 4 is 12.6 Å². The van der Waals surface area contributed by atoms with Crippen LogP contribution in [0.3, 0.4) is 0 Å². The highest BCUT2D eigenvalue weighted by Crippen LogP contribution is 2.28. The molecule has 0 amide bonds. The molecule has 90 valence electrons. The van der Waals surface area contributed by atoms with E-state index in [2.05, 4.69) is 38.3 Å². The Morgan fingerprint density at radius 1 is 1.47 bits per heavy atom. The minimum Gasteiger partial charge on any atom is -0.380 e. The lowest BCUT2D eigenvalue weighted by molar-refractivity contribution is 0.101. The summed E-state index contributed by atoms with van der Waals surface area (Å²) in [5, 5.41) is 0. The molecule has 0 aromatic carbocycles. The van der Waals surface area contributed by atoms with Gasteiger partial charge in [-0.25, -0.2) is 0 Å². The summed E-state index contributed by atoms with van der Waals surface area (Å²) in [4.78, 5) is 2.51. The molecular weight excluding hydrogens is 206 g/mol. The Kier molecular flexibility index (Phi) is 4.94. The molecule has 0 aromatic rings. The Morgan fingerprint density at radius 3 is 2.53 bits per heavy atom. The van der Waals surface area contributed by atoms with Crippen molar-refractivity contribution in [3.8, 4) is 0 Å². The van der Waals surface area contributed by atoms with Crippen LogP contribution in [-0.4, -0.2) is 43.5 Å². The van der Waals surface area contributed by atoms with Gasteiger partial charge >= 0.3 is 0 Å². The van der Waals surface area contributed by atoms with Crippen LogP contribution in [0.5, 0.6) is 0 Å². The zero-order chi connectivity index (χ0) is 11.5. The van der Waals surface area contributed by atoms with Gasteiger partial charge in [-0.1, -0.05) is 20.8 Å². The summed E-state index contributed by atoms with van der Waals surface area (Å²) in [5.74, 6) is 1.63. The number of thiol groups is 1. The van der Waals surface area contributed by atoms with Gasteiger partial charge in [-0.2, -0.15) is 12.6 Å². The SMILES string of the molecule is COC1CCN(CC(CS)C(C)(C)C)C1. The van der Waals surface area contributed by atoms with E-state index >= 15 is 0 Å². The highest BCUT2D eigenvalue weighted by Gasteiger charge is 2.29. The van der Waals surface area contributed by atoms with Crippen molar-refractivity contribution in [2.24, 2.45) is 11.3 Å². The zero-order valence-electron chi connectivity index (χ0n) is 10.5. The number of nitrogens with zero attached hydrogens (tertiary/aromatic N) is 1. The third-order valence-corrected chi connectivity index (χ3v) is 3.93. The lowest BCUT2D eigenvalue weighted by Crippen LogP contribution is -2.36. The maximum atomic E-state index is 5.38. The molecule has 0 aliphatic carbocycles. The normalized spacial score (nSPS) is 25.8. The first-order chi connectivity index (χ1) is 6.97. The number of rotatable bonds is 4. The van der Waals surface area contributed by atoms with E-state index in [0.717, 1.165) is 18.8 Å². The van der Waals surface area contributed by atoms with E-state index < -0.39 is 0 Å². The molecule has 1 aliphatic rings. The Morgan fingerprint density at radius 2 is 2.13 bits per heavy atom. The van der Waals surface area contributed by atoms with Crippen LogP contribution in [0.25, 0.3) is 0 Å². The molecule has 0 saturated carbocycles. The molecule has 1 heterocycles. The topological polar surface area (TPSA) is 12.5 Å². The second-order valence-corrected chi connectivity index (χ2v) is 6.02. The standard InChI is InChI=1S/C12H25NOS/c1-12(2,3)10(9-15)7-13-6-5-11(8-13)14-4/h10-11,15H,5-9H2,1-4H3. The van der Waals surface area contributed by atoms with Gasteiger partial charge in [0, 0.05) is 26.7 Å².